The predicted octanol–water partition coefficient (Wildman–Crippen LogP) is 5.16. The van der Waals surface area contributed by atoms with E-state index in [9.17, 15) is 4.79 Å². The number of piperidine rings is 2. The van der Waals surface area contributed by atoms with Crippen molar-refractivity contribution in [3.05, 3.63) is 35.0 Å². The largest absolute Gasteiger partial charge is 0.338 e. The van der Waals surface area contributed by atoms with Crippen molar-refractivity contribution in [1.29, 1.82) is 0 Å². The van der Waals surface area contributed by atoms with Gasteiger partial charge in [-0.25, -0.2) is 0 Å². The van der Waals surface area contributed by atoms with Crippen molar-refractivity contribution in [1.82, 2.24) is 9.47 Å². The quantitative estimate of drug-likeness (QED) is 0.712. The summed E-state index contributed by atoms with van der Waals surface area (Å²) in [4.78, 5) is 15.6. The van der Waals surface area contributed by atoms with E-state index in [-0.39, 0.29) is 12.4 Å². The molecule has 0 radical (unpaired) electrons. The molecule has 0 saturated carbocycles. The predicted molar refractivity (Wildman–Crippen MR) is 113 cm³/mol. The van der Waals surface area contributed by atoms with Crippen LogP contribution < -0.4 is 0 Å². The monoisotopic (exact) mass is 386 g/mol. The molecule has 5 rings (SSSR count). The maximum atomic E-state index is 12.9. The molecule has 3 nitrogen and oxygen atoms in total. The van der Waals surface area contributed by atoms with Crippen LogP contribution in [-0.2, 0) is 13.0 Å². The van der Waals surface area contributed by atoms with E-state index in [0.717, 1.165) is 37.5 Å². The van der Waals surface area contributed by atoms with Gasteiger partial charge in [-0.3, -0.25) is 4.79 Å². The van der Waals surface area contributed by atoms with Gasteiger partial charge in [0.15, 0.2) is 5.78 Å². The molecule has 4 heteroatoms. The molecule has 1 aromatic heterocycles. The molecular weight excluding hydrogens is 356 g/mol. The molecule has 27 heavy (non-hydrogen) atoms. The summed E-state index contributed by atoms with van der Waals surface area (Å²) in [7, 11) is 0. The Kier molecular flexibility index (Phi) is 5.35. The average molecular weight is 387 g/mol. The van der Waals surface area contributed by atoms with Crippen molar-refractivity contribution in [3.8, 4) is 0 Å². The third-order valence-electron chi connectivity index (χ3n) is 7.06. The maximum Gasteiger partial charge on any atom is 0.179 e. The van der Waals surface area contributed by atoms with Crippen molar-refractivity contribution in [2.24, 2.45) is 5.92 Å². The van der Waals surface area contributed by atoms with Gasteiger partial charge in [-0.2, -0.15) is 0 Å². The van der Waals surface area contributed by atoms with Gasteiger partial charge in [0.1, 0.15) is 0 Å². The lowest BCUT2D eigenvalue weighted by Crippen LogP contribution is -2.49. The van der Waals surface area contributed by atoms with Gasteiger partial charge in [0.25, 0.3) is 0 Å². The Morgan fingerprint density at radius 2 is 1.89 bits per heavy atom. The first-order chi connectivity index (χ1) is 12.7. The number of rotatable bonds is 2. The molecule has 2 atom stereocenters. The lowest BCUT2D eigenvalue weighted by Gasteiger charge is -2.44. The van der Waals surface area contributed by atoms with Crippen molar-refractivity contribution >= 4 is 29.1 Å². The van der Waals surface area contributed by atoms with Crippen LogP contribution in [-0.4, -0.2) is 34.4 Å². The number of hydrogen-bond donors (Lipinski definition) is 0. The molecule has 3 heterocycles. The van der Waals surface area contributed by atoms with Gasteiger partial charge >= 0.3 is 0 Å². The summed E-state index contributed by atoms with van der Waals surface area (Å²) in [6.45, 7) is 5.75. The molecule has 0 bridgehead atoms. The van der Waals surface area contributed by atoms with Crippen LogP contribution in [0.4, 0.5) is 0 Å². The maximum absolute atomic E-state index is 12.9. The normalized spacial score (nSPS) is 25.7. The Labute approximate surface area is 168 Å². The second-order valence-electron chi connectivity index (χ2n) is 8.74. The van der Waals surface area contributed by atoms with Gasteiger partial charge in [-0.05, 0) is 82.2 Å². The number of aromatic nitrogens is 1. The second kappa shape index (κ2) is 7.60. The van der Waals surface area contributed by atoms with Crippen molar-refractivity contribution in [2.75, 3.05) is 13.1 Å². The molecule has 2 aliphatic heterocycles. The summed E-state index contributed by atoms with van der Waals surface area (Å²) >= 11 is 0. The first-order valence-electron chi connectivity index (χ1n) is 10.6. The zero-order chi connectivity index (χ0) is 17.7. The average Bonchev–Trinajstić information content (AvgIpc) is 2.96. The number of ketones is 1. The van der Waals surface area contributed by atoms with Crippen molar-refractivity contribution < 1.29 is 4.79 Å². The van der Waals surface area contributed by atoms with Crippen molar-refractivity contribution in [2.45, 2.75) is 70.9 Å². The van der Waals surface area contributed by atoms with E-state index in [1.54, 1.807) is 0 Å². The minimum atomic E-state index is 0. The minimum absolute atomic E-state index is 0. The minimum Gasteiger partial charge on any atom is -0.338 e. The van der Waals surface area contributed by atoms with Crippen LogP contribution in [0.5, 0.6) is 0 Å². The summed E-state index contributed by atoms with van der Waals surface area (Å²) < 4.78 is 2.42. The van der Waals surface area contributed by atoms with Crippen molar-refractivity contribution in [3.63, 3.8) is 0 Å². The Morgan fingerprint density at radius 1 is 1.04 bits per heavy atom. The number of nitrogens with zero attached hydrogens (tertiary/aromatic N) is 2. The summed E-state index contributed by atoms with van der Waals surface area (Å²) in [5.74, 6) is 1.07. The molecule has 1 aliphatic carbocycles. The fraction of sp³-hybridized carbons (Fsp3) is 0.609. The van der Waals surface area contributed by atoms with Crippen LogP contribution in [0.25, 0.3) is 10.9 Å². The number of aryl methyl sites for hydroxylation is 2. The Balaban J connectivity index is 0.00000180. The summed E-state index contributed by atoms with van der Waals surface area (Å²) in [5.41, 5.74) is 4.97. The summed E-state index contributed by atoms with van der Waals surface area (Å²) in [5, 5.41) is 1.34. The van der Waals surface area contributed by atoms with E-state index < -0.39 is 0 Å². The highest BCUT2D eigenvalue weighted by Crippen LogP contribution is 2.37. The molecule has 146 valence electrons. The molecule has 0 amide bonds. The highest BCUT2D eigenvalue weighted by molar-refractivity contribution is 6.04. The molecular formula is C23H31ClN2O. The van der Waals surface area contributed by atoms with E-state index >= 15 is 0 Å². The number of fused-ring (bicyclic) bond motifs is 4. The first-order valence-corrected chi connectivity index (χ1v) is 10.6. The third-order valence-corrected chi connectivity index (χ3v) is 7.06. The van der Waals surface area contributed by atoms with Gasteiger partial charge < -0.3 is 9.47 Å². The lowest BCUT2D eigenvalue weighted by atomic mass is 9.83. The molecule has 2 fully saturated rings. The lowest BCUT2D eigenvalue weighted by molar-refractivity contribution is 0.0519. The summed E-state index contributed by atoms with van der Waals surface area (Å²) in [6, 6.07) is 7.51. The number of halogens is 1. The Hall–Kier alpha value is -1.32. The molecule has 2 saturated heterocycles. The Morgan fingerprint density at radius 3 is 2.78 bits per heavy atom. The molecule has 3 aliphatic rings. The summed E-state index contributed by atoms with van der Waals surface area (Å²) in [6.07, 6.45) is 9.52. The van der Waals surface area contributed by atoms with E-state index in [1.165, 1.54) is 67.2 Å². The van der Waals surface area contributed by atoms with Gasteiger partial charge in [-0.15, -0.1) is 12.4 Å². The van der Waals surface area contributed by atoms with Crippen LogP contribution in [0.2, 0.25) is 0 Å². The molecule has 0 spiro atoms. The SMILES string of the molecule is Cc1ccc2c(c1)c1c(n2CC2CCCN3CCCCC23)C(=O)CCC1.Cl. The molecule has 1 aromatic carbocycles. The molecule has 0 N–H and O–H groups in total. The second-order valence-corrected chi connectivity index (χ2v) is 8.74. The van der Waals surface area contributed by atoms with E-state index in [0.29, 0.717) is 11.7 Å². The third kappa shape index (κ3) is 3.23. The van der Waals surface area contributed by atoms with Crippen LogP contribution >= 0.6 is 12.4 Å². The number of Topliss-reactive ketones (excluding diaryl/α,β-unsaturated/α-hetero) is 1. The van der Waals surface area contributed by atoms with E-state index in [2.05, 4.69) is 34.6 Å². The number of carbonyl (C=O) groups is 1. The van der Waals surface area contributed by atoms with E-state index in [4.69, 9.17) is 0 Å². The first kappa shape index (κ1) is 19.0. The standard InChI is InChI=1S/C23H30N2O.ClH/c1-16-10-11-21-19(14-16)18-7-4-9-22(26)23(18)25(21)15-17-6-5-13-24-12-3-2-8-20(17)24;/h10-11,14,17,20H,2-9,12-13,15H2,1H3;1H. The highest BCUT2D eigenvalue weighted by atomic mass is 35.5. The zero-order valence-corrected chi connectivity index (χ0v) is 17.2. The molecule has 2 unspecified atom stereocenters. The smallest absolute Gasteiger partial charge is 0.179 e. The fourth-order valence-corrected chi connectivity index (χ4v) is 5.87. The van der Waals surface area contributed by atoms with Crippen LogP contribution in [0.15, 0.2) is 18.2 Å². The van der Waals surface area contributed by atoms with Gasteiger partial charge in [0.2, 0.25) is 0 Å². The highest BCUT2D eigenvalue weighted by Gasteiger charge is 2.35. The van der Waals surface area contributed by atoms with E-state index in [1.807, 2.05) is 0 Å². The number of benzene rings is 1. The van der Waals surface area contributed by atoms with Gasteiger partial charge in [0, 0.05) is 29.9 Å². The Bertz CT molecular complexity index is 854. The number of hydrogen-bond acceptors (Lipinski definition) is 2. The molecule has 2 aromatic rings. The van der Waals surface area contributed by atoms with Gasteiger partial charge in [0.05, 0.1) is 5.69 Å². The topological polar surface area (TPSA) is 25.2 Å². The van der Waals surface area contributed by atoms with Crippen LogP contribution in [0, 0.1) is 12.8 Å². The fourth-order valence-electron chi connectivity index (χ4n) is 5.87. The van der Waals surface area contributed by atoms with Gasteiger partial charge in [-0.1, -0.05) is 18.1 Å². The number of carbonyl (C=O) groups excluding carboxylic acids is 1. The van der Waals surface area contributed by atoms with Crippen LogP contribution in [0.3, 0.4) is 0 Å². The van der Waals surface area contributed by atoms with Crippen LogP contribution in [0.1, 0.15) is 66.6 Å². The zero-order valence-electron chi connectivity index (χ0n) is 16.4.